The number of pyridine rings is 1. The first kappa shape index (κ1) is 21.1. The van der Waals surface area contributed by atoms with Gasteiger partial charge in [-0.05, 0) is 37.3 Å². The van der Waals surface area contributed by atoms with E-state index in [0.717, 1.165) is 0 Å². The molecule has 2 aromatic heterocycles. The lowest BCUT2D eigenvalue weighted by Gasteiger charge is -2.14. The zero-order chi connectivity index (χ0) is 19.4. The third-order valence-electron chi connectivity index (χ3n) is 3.68. The molecule has 1 amide bonds. The van der Waals surface area contributed by atoms with Crippen LogP contribution in [0.25, 0.3) is 10.7 Å². The molecule has 3 aromatic rings. The fourth-order valence-electron chi connectivity index (χ4n) is 2.41. The van der Waals surface area contributed by atoms with Crippen LogP contribution in [-0.2, 0) is 0 Å². The summed E-state index contributed by atoms with van der Waals surface area (Å²) in [5, 5.41) is 15.9. The van der Waals surface area contributed by atoms with Crippen LogP contribution in [0.15, 0.2) is 47.3 Å². The van der Waals surface area contributed by atoms with E-state index in [4.69, 9.17) is 11.8 Å². The maximum atomic E-state index is 12.6. The van der Waals surface area contributed by atoms with Crippen LogP contribution in [-0.4, -0.2) is 25.7 Å². The highest BCUT2D eigenvalue weighted by molar-refractivity contribution is 9.10. The monoisotopic (exact) mass is 455 g/mol. The Morgan fingerprint density at radius 1 is 1.36 bits per heavy atom. The summed E-state index contributed by atoms with van der Waals surface area (Å²) in [5.74, 6) is 0.636. The molecule has 0 fully saturated rings. The molecule has 0 spiro atoms. The van der Waals surface area contributed by atoms with Crippen LogP contribution in [0.2, 0.25) is 0 Å². The molecule has 140 valence electrons. The van der Waals surface area contributed by atoms with Crippen molar-refractivity contribution in [3.05, 3.63) is 75.7 Å². The summed E-state index contributed by atoms with van der Waals surface area (Å²) in [5.41, 5.74) is 1.17. The predicted molar refractivity (Wildman–Crippen MR) is 111 cm³/mol. The van der Waals surface area contributed by atoms with Crippen LogP contribution < -0.4 is 5.32 Å². The van der Waals surface area contributed by atoms with Crippen molar-refractivity contribution in [3.63, 3.8) is 0 Å². The first-order valence-corrected chi connectivity index (χ1v) is 8.56. The molecule has 0 unspecified atom stereocenters. The quantitative estimate of drug-likeness (QED) is 0.606. The summed E-state index contributed by atoms with van der Waals surface area (Å²) in [6.07, 6.45) is 2.81. The Morgan fingerprint density at radius 3 is 2.79 bits per heavy atom. The molecule has 0 radical (unpaired) electrons. The Bertz CT molecular complexity index is 1080. The Kier molecular flexibility index (Phi) is 6.88. The van der Waals surface area contributed by atoms with E-state index in [1.807, 2.05) is 6.07 Å². The summed E-state index contributed by atoms with van der Waals surface area (Å²) < 4.78 is 2.15. The van der Waals surface area contributed by atoms with E-state index in [9.17, 15) is 4.79 Å². The SMILES string of the molecule is S.[C-]#[N+]c1cc(Br)cc(C(=O)N[C@@H](C)c2ncnn2-c2ccc(C#N)cn2)c1. The Hall–Kier alpha value is -3.21. The molecule has 8 nitrogen and oxygen atoms in total. The minimum atomic E-state index is -0.465. The highest BCUT2D eigenvalue weighted by Crippen LogP contribution is 2.22. The molecule has 1 N–H and O–H groups in total. The highest BCUT2D eigenvalue weighted by Gasteiger charge is 2.18. The molecule has 0 bridgehead atoms. The molecule has 2 heterocycles. The largest absolute Gasteiger partial charge is 0.342 e. The van der Waals surface area contributed by atoms with Crippen LogP contribution in [0.4, 0.5) is 5.69 Å². The first-order chi connectivity index (χ1) is 13.0. The molecule has 0 saturated heterocycles. The summed E-state index contributed by atoms with van der Waals surface area (Å²) in [7, 11) is 0. The van der Waals surface area contributed by atoms with Crippen molar-refractivity contribution in [2.24, 2.45) is 0 Å². The van der Waals surface area contributed by atoms with Gasteiger partial charge in [-0.25, -0.2) is 14.8 Å². The number of nitrogens with zero attached hydrogens (tertiary/aromatic N) is 6. The molecule has 0 aliphatic heterocycles. The van der Waals surface area contributed by atoms with Crippen molar-refractivity contribution in [3.8, 4) is 11.9 Å². The molecule has 1 aromatic carbocycles. The van der Waals surface area contributed by atoms with Crippen LogP contribution >= 0.6 is 29.4 Å². The van der Waals surface area contributed by atoms with E-state index < -0.39 is 6.04 Å². The number of nitrogens with one attached hydrogen (secondary N) is 1. The lowest BCUT2D eigenvalue weighted by Crippen LogP contribution is -2.28. The van der Waals surface area contributed by atoms with Gasteiger partial charge in [0, 0.05) is 16.2 Å². The van der Waals surface area contributed by atoms with E-state index in [0.29, 0.717) is 32.9 Å². The van der Waals surface area contributed by atoms with E-state index in [1.54, 1.807) is 31.2 Å². The van der Waals surface area contributed by atoms with Crippen molar-refractivity contribution in [1.29, 1.82) is 5.26 Å². The number of hydrogen-bond acceptors (Lipinski definition) is 5. The molecular weight excluding hydrogens is 442 g/mol. The third-order valence-corrected chi connectivity index (χ3v) is 4.13. The van der Waals surface area contributed by atoms with Crippen molar-refractivity contribution in [2.75, 3.05) is 0 Å². The van der Waals surface area contributed by atoms with Gasteiger partial charge in [0.25, 0.3) is 5.91 Å². The van der Waals surface area contributed by atoms with Crippen molar-refractivity contribution in [1.82, 2.24) is 25.1 Å². The minimum Gasteiger partial charge on any atom is -0.342 e. The number of hydrogen-bond donors (Lipinski definition) is 1. The zero-order valence-corrected chi connectivity index (χ0v) is 17.2. The maximum absolute atomic E-state index is 12.6. The second kappa shape index (κ2) is 9.13. The van der Waals surface area contributed by atoms with Gasteiger partial charge in [-0.3, -0.25) is 4.79 Å². The van der Waals surface area contributed by atoms with E-state index in [2.05, 4.69) is 41.2 Å². The molecule has 0 saturated carbocycles. The molecule has 1 atom stereocenters. The van der Waals surface area contributed by atoms with Gasteiger partial charge in [-0.15, -0.1) is 0 Å². The highest BCUT2D eigenvalue weighted by atomic mass is 79.9. The number of halogens is 1. The van der Waals surface area contributed by atoms with Crippen molar-refractivity contribution >= 4 is 41.0 Å². The predicted octanol–water partition coefficient (Wildman–Crippen LogP) is 3.45. The number of nitriles is 1. The second-order valence-corrected chi connectivity index (χ2v) is 6.47. The normalized spacial score (nSPS) is 10.9. The fourth-order valence-corrected chi connectivity index (χ4v) is 2.90. The molecule has 0 aliphatic rings. The number of amides is 1. The van der Waals surface area contributed by atoms with Gasteiger partial charge in [-0.1, -0.05) is 15.9 Å². The van der Waals surface area contributed by atoms with Crippen molar-refractivity contribution in [2.45, 2.75) is 13.0 Å². The number of benzene rings is 1. The summed E-state index contributed by atoms with van der Waals surface area (Å²) >= 11 is 3.30. The van der Waals surface area contributed by atoms with Crippen LogP contribution in [0.5, 0.6) is 0 Å². The molecule has 0 aliphatic carbocycles. The summed E-state index contributed by atoms with van der Waals surface area (Å²) in [6, 6.07) is 9.63. The van der Waals surface area contributed by atoms with Crippen LogP contribution in [0.3, 0.4) is 0 Å². The van der Waals surface area contributed by atoms with Gasteiger partial charge in [0.05, 0.1) is 18.2 Å². The van der Waals surface area contributed by atoms with E-state index in [-0.39, 0.29) is 19.4 Å². The fraction of sp³-hybridized carbons (Fsp3) is 0.111. The average Bonchev–Trinajstić information content (AvgIpc) is 3.17. The van der Waals surface area contributed by atoms with Gasteiger partial charge in [0.2, 0.25) is 0 Å². The van der Waals surface area contributed by atoms with Crippen LogP contribution in [0.1, 0.15) is 34.7 Å². The van der Waals surface area contributed by atoms with E-state index in [1.165, 1.54) is 23.3 Å². The van der Waals surface area contributed by atoms with Gasteiger partial charge in [0.1, 0.15) is 12.4 Å². The summed E-state index contributed by atoms with van der Waals surface area (Å²) in [4.78, 5) is 24.3. The second-order valence-electron chi connectivity index (χ2n) is 5.55. The van der Waals surface area contributed by atoms with E-state index >= 15 is 0 Å². The number of carbonyl (C=O) groups is 1. The Balaban J connectivity index is 0.00000280. The number of aromatic nitrogens is 4. The Labute approximate surface area is 176 Å². The minimum absolute atomic E-state index is 0. The summed E-state index contributed by atoms with van der Waals surface area (Å²) in [6.45, 7) is 8.88. The molecule has 3 rings (SSSR count). The number of rotatable bonds is 4. The first-order valence-electron chi connectivity index (χ1n) is 7.77. The third kappa shape index (κ3) is 4.55. The van der Waals surface area contributed by atoms with Crippen molar-refractivity contribution < 1.29 is 4.79 Å². The smallest absolute Gasteiger partial charge is 0.250 e. The standard InChI is InChI=1S/C18H12BrN7O.H2S/c1-11(25-18(27)13-5-14(19)7-15(6-13)21-2)17-23-10-24-26(17)16-4-3-12(8-20)9-22-16;/h3-7,9-11H,1H3,(H,25,27);1H2/t11-;/m0./s1. The maximum Gasteiger partial charge on any atom is 0.250 e. The lowest BCUT2D eigenvalue weighted by atomic mass is 10.1. The van der Waals surface area contributed by atoms with Gasteiger partial charge in [-0.2, -0.15) is 28.5 Å². The molecular formula is C18H14BrN7OS. The zero-order valence-electron chi connectivity index (χ0n) is 14.6. The van der Waals surface area contributed by atoms with Gasteiger partial charge < -0.3 is 5.32 Å². The number of carbonyl (C=O) groups excluding carboxylic acids is 1. The topological polar surface area (TPSA) is 101 Å². The van der Waals surface area contributed by atoms with Crippen LogP contribution in [0, 0.1) is 17.9 Å². The van der Waals surface area contributed by atoms with Gasteiger partial charge in [0.15, 0.2) is 17.3 Å². The lowest BCUT2D eigenvalue weighted by molar-refractivity contribution is 0.0938. The molecule has 28 heavy (non-hydrogen) atoms. The Morgan fingerprint density at radius 2 is 2.14 bits per heavy atom. The molecule has 10 heteroatoms. The van der Waals surface area contributed by atoms with Gasteiger partial charge >= 0.3 is 0 Å². The average molecular weight is 456 g/mol.